The van der Waals surface area contributed by atoms with Gasteiger partial charge in [-0.05, 0) is 19.1 Å². The smallest absolute Gasteiger partial charge is 0.293 e. The van der Waals surface area contributed by atoms with Gasteiger partial charge in [-0.25, -0.2) is 4.98 Å². The van der Waals surface area contributed by atoms with Crippen molar-refractivity contribution in [1.29, 1.82) is 0 Å². The van der Waals surface area contributed by atoms with Gasteiger partial charge in [-0.1, -0.05) is 19.9 Å². The van der Waals surface area contributed by atoms with Gasteiger partial charge in [0.15, 0.2) is 0 Å². The number of nitrogens with one attached hydrogen (secondary N) is 1. The lowest BCUT2D eigenvalue weighted by Gasteiger charge is -2.18. The van der Waals surface area contributed by atoms with Crippen molar-refractivity contribution in [1.82, 2.24) is 25.1 Å². The zero-order chi connectivity index (χ0) is 14.5. The van der Waals surface area contributed by atoms with Crippen LogP contribution in [-0.2, 0) is 6.54 Å². The minimum absolute atomic E-state index is 0.179. The maximum atomic E-state index is 12.4. The molecule has 0 saturated heterocycles. The van der Waals surface area contributed by atoms with Gasteiger partial charge in [-0.2, -0.15) is 0 Å². The summed E-state index contributed by atoms with van der Waals surface area (Å²) in [5.41, 5.74) is 0.849. The number of hydrogen-bond donors (Lipinski definition) is 1. The summed E-state index contributed by atoms with van der Waals surface area (Å²) >= 11 is 0. The highest BCUT2D eigenvalue weighted by atomic mass is 16.2. The Balaban J connectivity index is 2.12. The molecule has 0 spiro atoms. The average Bonchev–Trinajstić information content (AvgIpc) is 2.95. The first-order valence-electron chi connectivity index (χ1n) is 6.73. The summed E-state index contributed by atoms with van der Waals surface area (Å²) in [5, 5.41) is 6.80. The van der Waals surface area contributed by atoms with E-state index >= 15 is 0 Å². The zero-order valence-corrected chi connectivity index (χ0v) is 12.0. The van der Waals surface area contributed by atoms with Gasteiger partial charge in [0, 0.05) is 18.7 Å². The minimum Gasteiger partial charge on any atom is -0.330 e. The molecule has 2 heterocycles. The second kappa shape index (κ2) is 6.27. The van der Waals surface area contributed by atoms with Crippen LogP contribution in [-0.4, -0.2) is 37.5 Å². The number of nitrogens with zero attached hydrogens (tertiary/aromatic N) is 4. The molecule has 6 nitrogen and oxygen atoms in total. The molecular weight excluding hydrogens is 254 g/mol. The fourth-order valence-corrected chi connectivity index (χ4v) is 1.78. The minimum atomic E-state index is -0.179. The molecule has 0 radical (unpaired) electrons. The molecule has 6 heteroatoms. The average molecular weight is 273 g/mol. The van der Waals surface area contributed by atoms with Crippen LogP contribution in [0.25, 0.3) is 0 Å². The van der Waals surface area contributed by atoms with Crippen LogP contribution in [0.5, 0.6) is 0 Å². The van der Waals surface area contributed by atoms with Crippen LogP contribution in [0.3, 0.4) is 0 Å². The summed E-state index contributed by atoms with van der Waals surface area (Å²) in [6.45, 7) is 6.97. The summed E-state index contributed by atoms with van der Waals surface area (Å²) in [7, 11) is 0. The SMILES string of the molecule is CCN(Cc1ccccn1)C(=O)c1n[nH]c(C(C)C)n1. The Labute approximate surface area is 118 Å². The van der Waals surface area contributed by atoms with Crippen molar-refractivity contribution < 1.29 is 4.79 Å². The molecule has 0 aliphatic heterocycles. The third-order valence-electron chi connectivity index (χ3n) is 2.99. The van der Waals surface area contributed by atoms with E-state index in [0.717, 1.165) is 11.5 Å². The third-order valence-corrected chi connectivity index (χ3v) is 2.99. The number of rotatable bonds is 5. The maximum absolute atomic E-state index is 12.4. The highest BCUT2D eigenvalue weighted by Gasteiger charge is 2.20. The van der Waals surface area contributed by atoms with E-state index in [-0.39, 0.29) is 17.6 Å². The Hall–Kier alpha value is -2.24. The molecule has 0 fully saturated rings. The normalized spacial score (nSPS) is 10.8. The monoisotopic (exact) mass is 273 g/mol. The Kier molecular flexibility index (Phi) is 4.45. The first-order chi connectivity index (χ1) is 9.61. The first-order valence-corrected chi connectivity index (χ1v) is 6.73. The van der Waals surface area contributed by atoms with E-state index < -0.39 is 0 Å². The maximum Gasteiger partial charge on any atom is 0.293 e. The van der Waals surface area contributed by atoms with E-state index in [4.69, 9.17) is 0 Å². The van der Waals surface area contributed by atoms with Gasteiger partial charge in [0.25, 0.3) is 5.91 Å². The summed E-state index contributed by atoms with van der Waals surface area (Å²) < 4.78 is 0. The van der Waals surface area contributed by atoms with Gasteiger partial charge in [0.2, 0.25) is 5.82 Å². The highest BCUT2D eigenvalue weighted by Crippen LogP contribution is 2.10. The molecule has 1 N–H and O–H groups in total. The molecule has 0 atom stereocenters. The van der Waals surface area contributed by atoms with Crippen molar-refractivity contribution in [2.24, 2.45) is 0 Å². The van der Waals surface area contributed by atoms with E-state index in [2.05, 4.69) is 20.2 Å². The quantitative estimate of drug-likeness (QED) is 0.904. The standard InChI is InChI=1S/C14H19N5O/c1-4-19(9-11-7-5-6-8-15-11)14(20)13-16-12(10(2)3)17-18-13/h5-8,10H,4,9H2,1-3H3,(H,16,17,18). The highest BCUT2D eigenvalue weighted by molar-refractivity contribution is 5.90. The van der Waals surface area contributed by atoms with Gasteiger partial charge in [0.05, 0.1) is 12.2 Å². The van der Waals surface area contributed by atoms with Crippen LogP contribution in [0.15, 0.2) is 24.4 Å². The van der Waals surface area contributed by atoms with E-state index in [0.29, 0.717) is 13.1 Å². The largest absolute Gasteiger partial charge is 0.330 e. The van der Waals surface area contributed by atoms with Gasteiger partial charge in [-0.15, -0.1) is 5.10 Å². The van der Waals surface area contributed by atoms with Crippen molar-refractivity contribution in [3.63, 3.8) is 0 Å². The number of H-pyrrole nitrogens is 1. The summed E-state index contributed by atoms with van der Waals surface area (Å²) in [6.07, 6.45) is 1.72. The topological polar surface area (TPSA) is 74.8 Å². The molecule has 0 bridgehead atoms. The lowest BCUT2D eigenvalue weighted by Crippen LogP contribution is -2.31. The molecule has 106 valence electrons. The second-order valence-electron chi connectivity index (χ2n) is 4.84. The van der Waals surface area contributed by atoms with Gasteiger partial charge >= 0.3 is 0 Å². The van der Waals surface area contributed by atoms with Gasteiger partial charge < -0.3 is 4.90 Å². The van der Waals surface area contributed by atoms with Crippen LogP contribution >= 0.6 is 0 Å². The van der Waals surface area contributed by atoms with Crippen molar-refractivity contribution in [2.75, 3.05) is 6.54 Å². The predicted molar refractivity (Wildman–Crippen MR) is 75.1 cm³/mol. The van der Waals surface area contributed by atoms with Crippen LogP contribution in [0.4, 0.5) is 0 Å². The number of pyridine rings is 1. The van der Waals surface area contributed by atoms with Crippen LogP contribution in [0.1, 0.15) is 48.8 Å². The predicted octanol–water partition coefficient (Wildman–Crippen LogP) is 1.99. The molecule has 2 aromatic rings. The lowest BCUT2D eigenvalue weighted by molar-refractivity contribution is 0.0738. The molecule has 0 aliphatic rings. The van der Waals surface area contributed by atoms with Crippen molar-refractivity contribution in [3.8, 4) is 0 Å². The van der Waals surface area contributed by atoms with E-state index in [1.54, 1.807) is 11.1 Å². The van der Waals surface area contributed by atoms with Crippen molar-refractivity contribution in [2.45, 2.75) is 33.2 Å². The van der Waals surface area contributed by atoms with E-state index in [1.165, 1.54) is 0 Å². The molecule has 0 saturated carbocycles. The Morgan fingerprint density at radius 1 is 1.40 bits per heavy atom. The summed E-state index contributed by atoms with van der Waals surface area (Å²) in [4.78, 5) is 22.5. The van der Waals surface area contributed by atoms with Crippen LogP contribution < -0.4 is 0 Å². The molecular formula is C14H19N5O. The molecule has 1 amide bonds. The Bertz CT molecular complexity index is 564. The fraction of sp³-hybridized carbons (Fsp3) is 0.429. The Morgan fingerprint density at radius 2 is 2.20 bits per heavy atom. The number of carbonyl (C=O) groups is 1. The lowest BCUT2D eigenvalue weighted by atomic mass is 10.2. The molecule has 0 aromatic carbocycles. The molecule has 0 unspecified atom stereocenters. The Morgan fingerprint density at radius 3 is 2.75 bits per heavy atom. The number of amides is 1. The number of aromatic nitrogens is 4. The third kappa shape index (κ3) is 3.20. The number of aromatic amines is 1. The number of hydrogen-bond acceptors (Lipinski definition) is 4. The van der Waals surface area contributed by atoms with Crippen LogP contribution in [0, 0.1) is 0 Å². The molecule has 2 rings (SSSR count). The fourth-order valence-electron chi connectivity index (χ4n) is 1.78. The molecule has 0 aliphatic carbocycles. The molecule has 2 aromatic heterocycles. The summed E-state index contributed by atoms with van der Waals surface area (Å²) in [5.74, 6) is 0.977. The van der Waals surface area contributed by atoms with Gasteiger partial charge in [0.1, 0.15) is 5.82 Å². The molecule has 20 heavy (non-hydrogen) atoms. The van der Waals surface area contributed by atoms with E-state index in [9.17, 15) is 4.79 Å². The van der Waals surface area contributed by atoms with Crippen LogP contribution in [0.2, 0.25) is 0 Å². The first kappa shape index (κ1) is 14.2. The van der Waals surface area contributed by atoms with Crippen molar-refractivity contribution in [3.05, 3.63) is 41.7 Å². The summed E-state index contributed by atoms with van der Waals surface area (Å²) in [6, 6.07) is 5.66. The van der Waals surface area contributed by atoms with Crippen molar-refractivity contribution >= 4 is 5.91 Å². The van der Waals surface area contributed by atoms with Gasteiger partial charge in [-0.3, -0.25) is 14.9 Å². The van der Waals surface area contributed by atoms with E-state index in [1.807, 2.05) is 39.0 Å². The zero-order valence-electron chi connectivity index (χ0n) is 12.0. The second-order valence-corrected chi connectivity index (χ2v) is 4.84. The number of carbonyl (C=O) groups excluding carboxylic acids is 1.